The van der Waals surface area contributed by atoms with Gasteiger partial charge in [0.2, 0.25) is 5.13 Å². The van der Waals surface area contributed by atoms with E-state index in [1.54, 1.807) is 17.5 Å². The van der Waals surface area contributed by atoms with Gasteiger partial charge in [-0.1, -0.05) is 17.4 Å². The minimum Gasteiger partial charge on any atom is -0.360 e. The van der Waals surface area contributed by atoms with E-state index in [0.717, 1.165) is 28.8 Å². The van der Waals surface area contributed by atoms with Gasteiger partial charge in [-0.3, -0.25) is 4.98 Å². The molecule has 0 radical (unpaired) electrons. The molecule has 4 nitrogen and oxygen atoms in total. The van der Waals surface area contributed by atoms with Crippen molar-refractivity contribution in [3.8, 4) is 10.7 Å². The molecule has 0 aliphatic heterocycles. The van der Waals surface area contributed by atoms with Crippen molar-refractivity contribution in [2.75, 3.05) is 11.9 Å². The van der Waals surface area contributed by atoms with Gasteiger partial charge in [0.15, 0.2) is 5.01 Å². The van der Waals surface area contributed by atoms with Crippen molar-refractivity contribution < 1.29 is 0 Å². The van der Waals surface area contributed by atoms with Crippen molar-refractivity contribution in [2.45, 2.75) is 6.42 Å². The van der Waals surface area contributed by atoms with Crippen LogP contribution in [0.15, 0.2) is 40.3 Å². The summed E-state index contributed by atoms with van der Waals surface area (Å²) in [5, 5.41) is 13.3. The van der Waals surface area contributed by atoms with Crippen LogP contribution >= 0.6 is 38.6 Å². The standard InChI is InChI=1S/C13H11BrN4S2/c14-11-5-4-9(19-11)6-8-16-13-18-17-12(20-13)10-3-1-2-7-15-10/h1-5,7H,6,8H2,(H,16,18). The molecule has 102 valence electrons. The highest BCUT2D eigenvalue weighted by atomic mass is 79.9. The van der Waals surface area contributed by atoms with Crippen LogP contribution in [-0.4, -0.2) is 21.7 Å². The van der Waals surface area contributed by atoms with Crippen LogP contribution in [0.3, 0.4) is 0 Å². The summed E-state index contributed by atoms with van der Waals surface area (Å²) >= 11 is 6.75. The van der Waals surface area contributed by atoms with Gasteiger partial charge in [0, 0.05) is 17.6 Å². The fourth-order valence-electron chi connectivity index (χ4n) is 1.67. The summed E-state index contributed by atoms with van der Waals surface area (Å²) in [6, 6.07) is 9.99. The second-order valence-electron chi connectivity index (χ2n) is 4.01. The number of aromatic nitrogens is 3. The lowest BCUT2D eigenvalue weighted by atomic mass is 10.3. The Bertz CT molecular complexity index is 681. The fourth-order valence-corrected chi connectivity index (χ4v) is 3.89. The predicted molar refractivity (Wildman–Crippen MR) is 87.4 cm³/mol. The molecule has 7 heteroatoms. The molecule has 0 aromatic carbocycles. The number of thiophene rings is 1. The summed E-state index contributed by atoms with van der Waals surface area (Å²) in [5.74, 6) is 0. The molecule has 0 spiro atoms. The van der Waals surface area contributed by atoms with Crippen LogP contribution in [-0.2, 0) is 6.42 Å². The Hall–Kier alpha value is -1.31. The first-order chi connectivity index (χ1) is 9.81. The van der Waals surface area contributed by atoms with E-state index < -0.39 is 0 Å². The lowest BCUT2D eigenvalue weighted by Crippen LogP contribution is -2.03. The van der Waals surface area contributed by atoms with E-state index in [4.69, 9.17) is 0 Å². The molecule has 3 rings (SSSR count). The molecule has 3 heterocycles. The fraction of sp³-hybridized carbons (Fsp3) is 0.154. The highest BCUT2D eigenvalue weighted by Gasteiger charge is 2.07. The molecule has 0 amide bonds. The van der Waals surface area contributed by atoms with Gasteiger partial charge in [-0.25, -0.2) is 0 Å². The number of nitrogens with zero attached hydrogens (tertiary/aromatic N) is 3. The maximum atomic E-state index is 4.27. The minimum absolute atomic E-state index is 0.835. The molecule has 1 N–H and O–H groups in total. The highest BCUT2D eigenvalue weighted by Crippen LogP contribution is 2.25. The zero-order valence-electron chi connectivity index (χ0n) is 10.4. The first-order valence-corrected chi connectivity index (χ1v) is 8.47. The average molecular weight is 367 g/mol. The van der Waals surface area contributed by atoms with Crippen molar-refractivity contribution in [1.29, 1.82) is 0 Å². The summed E-state index contributed by atoms with van der Waals surface area (Å²) in [6.45, 7) is 0.851. The van der Waals surface area contributed by atoms with E-state index in [1.165, 1.54) is 20.0 Å². The topological polar surface area (TPSA) is 50.7 Å². The molecule has 3 aromatic heterocycles. The van der Waals surface area contributed by atoms with E-state index in [-0.39, 0.29) is 0 Å². The van der Waals surface area contributed by atoms with Crippen LogP contribution in [0.2, 0.25) is 0 Å². The van der Waals surface area contributed by atoms with Gasteiger partial charge in [0.1, 0.15) is 5.69 Å². The smallest absolute Gasteiger partial charge is 0.206 e. The van der Waals surface area contributed by atoms with E-state index >= 15 is 0 Å². The van der Waals surface area contributed by atoms with Crippen molar-refractivity contribution in [2.24, 2.45) is 0 Å². The Labute approximate surface area is 133 Å². The van der Waals surface area contributed by atoms with Crippen LogP contribution in [0.25, 0.3) is 10.7 Å². The van der Waals surface area contributed by atoms with Gasteiger partial charge in [0.25, 0.3) is 0 Å². The number of halogens is 1. The van der Waals surface area contributed by atoms with Gasteiger partial charge in [-0.15, -0.1) is 21.5 Å². The van der Waals surface area contributed by atoms with Crippen molar-refractivity contribution in [3.05, 3.63) is 45.2 Å². The van der Waals surface area contributed by atoms with Crippen LogP contribution in [0.1, 0.15) is 4.88 Å². The molecule has 0 saturated heterocycles. The Morgan fingerprint density at radius 1 is 1.10 bits per heavy atom. The third-order valence-electron chi connectivity index (χ3n) is 2.59. The Kier molecular flexibility index (Phi) is 4.39. The Morgan fingerprint density at radius 2 is 2.05 bits per heavy atom. The van der Waals surface area contributed by atoms with Gasteiger partial charge < -0.3 is 5.32 Å². The van der Waals surface area contributed by atoms with E-state index in [9.17, 15) is 0 Å². The molecule has 0 aliphatic carbocycles. The normalized spacial score (nSPS) is 10.7. The van der Waals surface area contributed by atoms with Gasteiger partial charge >= 0.3 is 0 Å². The third-order valence-corrected chi connectivity index (χ3v) is 5.17. The molecule has 0 fully saturated rings. The van der Waals surface area contributed by atoms with Gasteiger partial charge in [-0.2, -0.15) is 0 Å². The number of hydrogen-bond donors (Lipinski definition) is 1. The van der Waals surface area contributed by atoms with Gasteiger partial charge in [-0.05, 0) is 46.6 Å². The zero-order chi connectivity index (χ0) is 13.8. The number of hydrogen-bond acceptors (Lipinski definition) is 6. The van der Waals surface area contributed by atoms with E-state index in [1.807, 2.05) is 18.2 Å². The van der Waals surface area contributed by atoms with Crippen LogP contribution in [0.4, 0.5) is 5.13 Å². The maximum absolute atomic E-state index is 4.27. The largest absolute Gasteiger partial charge is 0.360 e. The molecule has 0 atom stereocenters. The number of pyridine rings is 1. The lowest BCUT2D eigenvalue weighted by Gasteiger charge is -1.99. The number of anilines is 1. The lowest BCUT2D eigenvalue weighted by molar-refractivity contribution is 1.01. The van der Waals surface area contributed by atoms with Crippen molar-refractivity contribution in [3.63, 3.8) is 0 Å². The van der Waals surface area contributed by atoms with E-state index in [2.05, 4.69) is 48.6 Å². The first kappa shape index (κ1) is 13.7. The molecule has 3 aromatic rings. The third kappa shape index (κ3) is 3.41. The van der Waals surface area contributed by atoms with Crippen molar-refractivity contribution in [1.82, 2.24) is 15.2 Å². The summed E-state index contributed by atoms with van der Waals surface area (Å²) in [5.41, 5.74) is 0.861. The minimum atomic E-state index is 0.835. The predicted octanol–water partition coefficient (Wildman–Crippen LogP) is 4.08. The summed E-state index contributed by atoms with van der Waals surface area (Å²) in [6.07, 6.45) is 2.74. The number of rotatable bonds is 5. The van der Waals surface area contributed by atoms with Gasteiger partial charge in [0.05, 0.1) is 3.79 Å². The molecule has 0 saturated carbocycles. The second kappa shape index (κ2) is 6.43. The molecular formula is C13H11BrN4S2. The monoisotopic (exact) mass is 366 g/mol. The van der Waals surface area contributed by atoms with Crippen LogP contribution < -0.4 is 5.32 Å². The summed E-state index contributed by atoms with van der Waals surface area (Å²) < 4.78 is 1.17. The molecule has 0 aliphatic rings. The SMILES string of the molecule is Brc1ccc(CCNc2nnc(-c3ccccn3)s2)s1. The molecule has 20 heavy (non-hydrogen) atoms. The maximum Gasteiger partial charge on any atom is 0.206 e. The summed E-state index contributed by atoms with van der Waals surface area (Å²) in [7, 11) is 0. The highest BCUT2D eigenvalue weighted by molar-refractivity contribution is 9.11. The number of nitrogens with one attached hydrogen (secondary N) is 1. The Morgan fingerprint density at radius 3 is 2.80 bits per heavy atom. The van der Waals surface area contributed by atoms with Crippen molar-refractivity contribution >= 4 is 43.7 Å². The molecule has 0 bridgehead atoms. The quantitative estimate of drug-likeness (QED) is 0.738. The van der Waals surface area contributed by atoms with Crippen LogP contribution in [0, 0.1) is 0 Å². The average Bonchev–Trinajstić information content (AvgIpc) is 3.09. The second-order valence-corrected chi connectivity index (χ2v) is 7.54. The molecular weight excluding hydrogens is 356 g/mol. The Balaban J connectivity index is 1.58. The zero-order valence-corrected chi connectivity index (χ0v) is 13.6. The first-order valence-electron chi connectivity index (χ1n) is 6.04. The summed E-state index contributed by atoms with van der Waals surface area (Å²) in [4.78, 5) is 5.62. The van der Waals surface area contributed by atoms with E-state index in [0.29, 0.717) is 0 Å². The van der Waals surface area contributed by atoms with Crippen LogP contribution in [0.5, 0.6) is 0 Å². The molecule has 0 unspecified atom stereocenters.